The Kier molecular flexibility index (Phi) is 4.31. The first-order chi connectivity index (χ1) is 8.78. The second-order valence-corrected chi connectivity index (χ2v) is 4.61. The fourth-order valence-electron chi connectivity index (χ4n) is 1.98. The first kappa shape index (κ1) is 13.0. The molecule has 0 unspecified atom stereocenters. The summed E-state index contributed by atoms with van der Waals surface area (Å²) in [6, 6.07) is 3.97. The lowest BCUT2D eigenvalue weighted by atomic mass is 10.1. The van der Waals surface area contributed by atoms with Crippen LogP contribution in [0, 0.1) is 5.92 Å². The molecule has 0 aromatic heterocycles. The lowest BCUT2D eigenvalue weighted by Crippen LogP contribution is -2.16. The van der Waals surface area contributed by atoms with Crippen molar-refractivity contribution < 1.29 is 14.2 Å². The summed E-state index contributed by atoms with van der Waals surface area (Å²) >= 11 is 0. The van der Waals surface area contributed by atoms with Crippen molar-refractivity contribution in [3.8, 4) is 17.2 Å². The molecule has 100 valence electrons. The first-order valence-corrected chi connectivity index (χ1v) is 6.28. The quantitative estimate of drug-likeness (QED) is 0.806. The maximum Gasteiger partial charge on any atom is 0.203 e. The molecule has 1 aromatic carbocycles. The zero-order valence-corrected chi connectivity index (χ0v) is 11.3. The highest BCUT2D eigenvalue weighted by atomic mass is 16.5. The fraction of sp³-hybridized carbons (Fsp3) is 0.571. The monoisotopic (exact) mass is 251 g/mol. The molecule has 0 radical (unpaired) electrons. The third-order valence-electron chi connectivity index (χ3n) is 3.18. The molecule has 0 saturated heterocycles. The van der Waals surface area contributed by atoms with Gasteiger partial charge in [0.1, 0.15) is 0 Å². The standard InChI is InChI=1S/C14H21NO3/c1-16-12-6-11(9-15-8-10-4-5-10)7-13(17-2)14(12)18-3/h6-7,10,15H,4-5,8-9H2,1-3H3. The lowest BCUT2D eigenvalue weighted by molar-refractivity contribution is 0.323. The van der Waals surface area contributed by atoms with Crippen molar-refractivity contribution in [1.29, 1.82) is 0 Å². The van der Waals surface area contributed by atoms with Crippen LogP contribution in [0.1, 0.15) is 18.4 Å². The second kappa shape index (κ2) is 5.96. The predicted molar refractivity (Wildman–Crippen MR) is 70.5 cm³/mol. The Morgan fingerprint density at radius 3 is 2.11 bits per heavy atom. The van der Waals surface area contributed by atoms with E-state index in [0.29, 0.717) is 17.2 Å². The van der Waals surface area contributed by atoms with Crippen molar-refractivity contribution in [2.24, 2.45) is 5.92 Å². The molecule has 0 bridgehead atoms. The van der Waals surface area contributed by atoms with E-state index in [4.69, 9.17) is 14.2 Å². The van der Waals surface area contributed by atoms with Crippen LogP contribution in [0.25, 0.3) is 0 Å². The van der Waals surface area contributed by atoms with E-state index in [9.17, 15) is 0 Å². The fourth-order valence-corrected chi connectivity index (χ4v) is 1.98. The van der Waals surface area contributed by atoms with E-state index in [1.807, 2.05) is 12.1 Å². The van der Waals surface area contributed by atoms with Gasteiger partial charge in [0.2, 0.25) is 5.75 Å². The first-order valence-electron chi connectivity index (χ1n) is 6.28. The Morgan fingerprint density at radius 2 is 1.67 bits per heavy atom. The van der Waals surface area contributed by atoms with Gasteiger partial charge in [-0.15, -0.1) is 0 Å². The molecule has 4 nitrogen and oxygen atoms in total. The van der Waals surface area contributed by atoms with Crippen LogP contribution in [0.5, 0.6) is 17.2 Å². The average Bonchev–Trinajstić information content (AvgIpc) is 3.21. The van der Waals surface area contributed by atoms with Gasteiger partial charge in [-0.25, -0.2) is 0 Å². The number of hydrogen-bond donors (Lipinski definition) is 1. The topological polar surface area (TPSA) is 39.7 Å². The molecule has 0 heterocycles. The Hall–Kier alpha value is -1.42. The number of methoxy groups -OCH3 is 3. The smallest absolute Gasteiger partial charge is 0.203 e. The minimum Gasteiger partial charge on any atom is -0.493 e. The summed E-state index contributed by atoms with van der Waals surface area (Å²) < 4.78 is 15.9. The molecule has 0 amide bonds. The SMILES string of the molecule is COc1cc(CNCC2CC2)cc(OC)c1OC. The van der Waals surface area contributed by atoms with Gasteiger partial charge in [0.05, 0.1) is 21.3 Å². The van der Waals surface area contributed by atoms with Gasteiger partial charge in [0, 0.05) is 6.54 Å². The Bertz CT molecular complexity index is 377. The molecule has 0 spiro atoms. The molecule has 1 aliphatic rings. The summed E-state index contributed by atoms with van der Waals surface area (Å²) in [6.07, 6.45) is 2.73. The minimum absolute atomic E-state index is 0.644. The van der Waals surface area contributed by atoms with Crippen LogP contribution < -0.4 is 19.5 Å². The highest BCUT2D eigenvalue weighted by Crippen LogP contribution is 2.38. The van der Waals surface area contributed by atoms with Gasteiger partial charge in [-0.2, -0.15) is 0 Å². The van der Waals surface area contributed by atoms with Crippen molar-refractivity contribution in [2.45, 2.75) is 19.4 Å². The molecule has 0 aliphatic heterocycles. The Balaban J connectivity index is 2.08. The maximum atomic E-state index is 5.33. The van der Waals surface area contributed by atoms with Gasteiger partial charge in [0.25, 0.3) is 0 Å². The van der Waals surface area contributed by atoms with Crippen LogP contribution in [0.15, 0.2) is 12.1 Å². The minimum atomic E-state index is 0.644. The van der Waals surface area contributed by atoms with Gasteiger partial charge < -0.3 is 19.5 Å². The van der Waals surface area contributed by atoms with Crippen molar-refractivity contribution in [3.05, 3.63) is 17.7 Å². The van der Waals surface area contributed by atoms with E-state index in [0.717, 1.165) is 24.6 Å². The molecule has 1 aliphatic carbocycles. The highest BCUT2D eigenvalue weighted by Gasteiger charge is 2.20. The summed E-state index contributed by atoms with van der Waals surface area (Å²) in [7, 11) is 4.89. The van der Waals surface area contributed by atoms with E-state index in [1.165, 1.54) is 12.8 Å². The van der Waals surface area contributed by atoms with Crippen LogP contribution in [-0.2, 0) is 6.54 Å². The lowest BCUT2D eigenvalue weighted by Gasteiger charge is -2.14. The average molecular weight is 251 g/mol. The molecule has 2 rings (SSSR count). The van der Waals surface area contributed by atoms with Gasteiger partial charge in [-0.1, -0.05) is 0 Å². The molecule has 1 N–H and O–H groups in total. The molecule has 4 heteroatoms. The summed E-state index contributed by atoms with van der Waals surface area (Å²) in [5, 5.41) is 3.45. The van der Waals surface area contributed by atoms with Crippen molar-refractivity contribution >= 4 is 0 Å². The zero-order valence-electron chi connectivity index (χ0n) is 11.3. The van der Waals surface area contributed by atoms with Gasteiger partial charge >= 0.3 is 0 Å². The molecule has 1 fully saturated rings. The third kappa shape index (κ3) is 3.07. The van der Waals surface area contributed by atoms with Crippen LogP contribution >= 0.6 is 0 Å². The Morgan fingerprint density at radius 1 is 1.06 bits per heavy atom. The largest absolute Gasteiger partial charge is 0.493 e. The highest BCUT2D eigenvalue weighted by molar-refractivity contribution is 5.53. The van der Waals surface area contributed by atoms with Crippen molar-refractivity contribution in [1.82, 2.24) is 5.32 Å². The summed E-state index contributed by atoms with van der Waals surface area (Å²) in [6.45, 7) is 1.92. The number of ether oxygens (including phenoxy) is 3. The number of rotatable bonds is 7. The molecule has 1 saturated carbocycles. The normalized spacial score (nSPS) is 14.4. The van der Waals surface area contributed by atoms with E-state index in [1.54, 1.807) is 21.3 Å². The van der Waals surface area contributed by atoms with Gasteiger partial charge in [-0.05, 0) is 43.0 Å². The molecule has 0 atom stereocenters. The van der Waals surface area contributed by atoms with E-state index in [2.05, 4.69) is 5.32 Å². The Labute approximate surface area is 108 Å². The number of hydrogen-bond acceptors (Lipinski definition) is 4. The van der Waals surface area contributed by atoms with Crippen LogP contribution in [0.2, 0.25) is 0 Å². The third-order valence-corrected chi connectivity index (χ3v) is 3.18. The second-order valence-electron chi connectivity index (χ2n) is 4.61. The number of nitrogens with one attached hydrogen (secondary N) is 1. The van der Waals surface area contributed by atoms with Crippen LogP contribution in [0.3, 0.4) is 0 Å². The number of benzene rings is 1. The summed E-state index contributed by atoms with van der Waals surface area (Å²) in [5.74, 6) is 2.94. The van der Waals surface area contributed by atoms with Crippen molar-refractivity contribution in [2.75, 3.05) is 27.9 Å². The zero-order chi connectivity index (χ0) is 13.0. The molecular weight excluding hydrogens is 230 g/mol. The van der Waals surface area contributed by atoms with Gasteiger partial charge in [0.15, 0.2) is 11.5 Å². The van der Waals surface area contributed by atoms with E-state index >= 15 is 0 Å². The van der Waals surface area contributed by atoms with Crippen LogP contribution in [-0.4, -0.2) is 27.9 Å². The van der Waals surface area contributed by atoms with E-state index in [-0.39, 0.29) is 0 Å². The van der Waals surface area contributed by atoms with E-state index < -0.39 is 0 Å². The van der Waals surface area contributed by atoms with Crippen molar-refractivity contribution in [3.63, 3.8) is 0 Å². The summed E-state index contributed by atoms with van der Waals surface area (Å²) in [5.41, 5.74) is 1.14. The summed E-state index contributed by atoms with van der Waals surface area (Å²) in [4.78, 5) is 0. The van der Waals surface area contributed by atoms with Gasteiger partial charge in [-0.3, -0.25) is 0 Å². The predicted octanol–water partition coefficient (Wildman–Crippen LogP) is 2.21. The molecular formula is C14H21NO3. The molecule has 1 aromatic rings. The van der Waals surface area contributed by atoms with Crippen LogP contribution in [0.4, 0.5) is 0 Å². The molecule has 18 heavy (non-hydrogen) atoms. The maximum absolute atomic E-state index is 5.33.